The Labute approximate surface area is 141 Å². The fraction of sp³-hybridized carbons (Fsp3) is 0.333. The molecular formula is C18H22N2O2S. The van der Waals surface area contributed by atoms with Crippen LogP contribution in [0.5, 0.6) is 0 Å². The van der Waals surface area contributed by atoms with Crippen molar-refractivity contribution < 1.29 is 9.59 Å². The van der Waals surface area contributed by atoms with Crippen molar-refractivity contribution in [2.75, 3.05) is 18.9 Å². The number of carbonyl (C=O) groups is 2. The summed E-state index contributed by atoms with van der Waals surface area (Å²) in [6.07, 6.45) is 0.846. The lowest BCUT2D eigenvalue weighted by atomic mass is 10.1. The van der Waals surface area contributed by atoms with Crippen molar-refractivity contribution in [3.05, 3.63) is 51.2 Å². The lowest BCUT2D eigenvalue weighted by Crippen LogP contribution is -2.35. The zero-order valence-electron chi connectivity index (χ0n) is 14.0. The van der Waals surface area contributed by atoms with Crippen molar-refractivity contribution >= 4 is 28.8 Å². The zero-order chi connectivity index (χ0) is 17.0. The van der Waals surface area contributed by atoms with E-state index in [0.717, 1.165) is 27.4 Å². The molecule has 0 atom stereocenters. The minimum Gasteiger partial charge on any atom is -0.332 e. The van der Waals surface area contributed by atoms with Crippen LogP contribution in [-0.2, 0) is 11.2 Å². The molecule has 5 heteroatoms. The fourth-order valence-electron chi connectivity index (χ4n) is 2.48. The van der Waals surface area contributed by atoms with Crippen LogP contribution in [0.4, 0.5) is 5.69 Å². The second-order valence-corrected chi connectivity index (χ2v) is 7.01. The summed E-state index contributed by atoms with van der Waals surface area (Å²) in [4.78, 5) is 28.2. The highest BCUT2D eigenvalue weighted by Gasteiger charge is 2.18. The third-order valence-corrected chi connectivity index (χ3v) is 4.64. The molecule has 0 saturated carbocycles. The number of nitrogens with zero attached hydrogens (tertiary/aromatic N) is 1. The van der Waals surface area contributed by atoms with E-state index in [1.165, 1.54) is 4.90 Å². The van der Waals surface area contributed by atoms with Crippen LogP contribution in [0.2, 0.25) is 0 Å². The number of nitrogens with one attached hydrogen (secondary N) is 1. The lowest BCUT2D eigenvalue weighted by Gasteiger charge is -2.17. The minimum atomic E-state index is -0.189. The Bertz CT molecular complexity index is 722. The molecule has 1 heterocycles. The number of aryl methyl sites for hydroxylation is 3. The highest BCUT2D eigenvalue weighted by atomic mass is 32.1. The molecule has 1 aromatic heterocycles. The quantitative estimate of drug-likeness (QED) is 0.910. The Hall–Kier alpha value is -2.14. The standard InChI is InChI=1S/C18H22N2O2S/c1-5-14-8-6-7-9-16(14)19-17(21)11-20(4)18(22)15-10-12(2)23-13(15)3/h6-10H,5,11H2,1-4H3,(H,19,21). The van der Waals surface area contributed by atoms with Gasteiger partial charge in [-0.05, 0) is 38.0 Å². The Balaban J connectivity index is 2.02. The van der Waals surface area contributed by atoms with Gasteiger partial charge in [-0.3, -0.25) is 9.59 Å². The molecule has 2 amide bonds. The number of anilines is 1. The summed E-state index contributed by atoms with van der Waals surface area (Å²) in [6.45, 7) is 5.98. The average molecular weight is 330 g/mol. The van der Waals surface area contributed by atoms with Gasteiger partial charge in [0.1, 0.15) is 0 Å². The van der Waals surface area contributed by atoms with Crippen molar-refractivity contribution in [1.82, 2.24) is 4.90 Å². The fourth-order valence-corrected chi connectivity index (χ4v) is 3.39. The molecule has 0 bridgehead atoms. The van der Waals surface area contributed by atoms with Crippen LogP contribution in [0.25, 0.3) is 0 Å². The number of benzene rings is 1. The van der Waals surface area contributed by atoms with Crippen molar-refractivity contribution in [3.8, 4) is 0 Å². The van der Waals surface area contributed by atoms with E-state index in [4.69, 9.17) is 0 Å². The van der Waals surface area contributed by atoms with Gasteiger partial charge >= 0.3 is 0 Å². The van der Waals surface area contributed by atoms with Crippen LogP contribution >= 0.6 is 11.3 Å². The van der Waals surface area contributed by atoms with E-state index in [0.29, 0.717) is 5.56 Å². The summed E-state index contributed by atoms with van der Waals surface area (Å²) in [7, 11) is 1.65. The number of para-hydroxylation sites is 1. The SMILES string of the molecule is CCc1ccccc1NC(=O)CN(C)C(=O)c1cc(C)sc1C. The van der Waals surface area contributed by atoms with E-state index in [1.807, 2.05) is 51.1 Å². The highest BCUT2D eigenvalue weighted by Crippen LogP contribution is 2.22. The second-order valence-electron chi connectivity index (χ2n) is 5.55. The summed E-state index contributed by atoms with van der Waals surface area (Å²) in [5.41, 5.74) is 2.57. The van der Waals surface area contributed by atoms with Gasteiger partial charge in [-0.2, -0.15) is 0 Å². The van der Waals surface area contributed by atoms with Gasteiger partial charge in [-0.1, -0.05) is 25.1 Å². The van der Waals surface area contributed by atoms with Gasteiger partial charge in [0.05, 0.1) is 12.1 Å². The molecule has 0 unspecified atom stereocenters. The number of carbonyl (C=O) groups excluding carboxylic acids is 2. The van der Waals surface area contributed by atoms with E-state index in [2.05, 4.69) is 5.32 Å². The largest absolute Gasteiger partial charge is 0.332 e. The maximum atomic E-state index is 12.4. The van der Waals surface area contributed by atoms with E-state index in [9.17, 15) is 9.59 Å². The smallest absolute Gasteiger partial charge is 0.255 e. The molecule has 122 valence electrons. The number of likely N-dealkylation sites (N-methyl/N-ethyl adjacent to an activating group) is 1. The molecule has 4 nitrogen and oxygen atoms in total. The van der Waals surface area contributed by atoms with E-state index in [-0.39, 0.29) is 18.4 Å². The predicted molar refractivity (Wildman–Crippen MR) is 95.2 cm³/mol. The second kappa shape index (κ2) is 7.42. The number of amides is 2. The average Bonchev–Trinajstić information content (AvgIpc) is 2.85. The minimum absolute atomic E-state index is 0.0330. The zero-order valence-corrected chi connectivity index (χ0v) is 14.8. The third kappa shape index (κ3) is 4.20. The molecule has 1 N–H and O–H groups in total. The van der Waals surface area contributed by atoms with Gasteiger partial charge in [0.15, 0.2) is 0 Å². The summed E-state index contributed by atoms with van der Waals surface area (Å²) in [5.74, 6) is -0.308. The Kier molecular flexibility index (Phi) is 5.55. The molecule has 0 aliphatic heterocycles. The Morgan fingerprint density at radius 2 is 1.91 bits per heavy atom. The number of rotatable bonds is 5. The number of hydrogen-bond donors (Lipinski definition) is 1. The van der Waals surface area contributed by atoms with Crippen molar-refractivity contribution in [3.63, 3.8) is 0 Å². The normalized spacial score (nSPS) is 10.4. The van der Waals surface area contributed by atoms with Crippen LogP contribution in [-0.4, -0.2) is 30.3 Å². The monoisotopic (exact) mass is 330 g/mol. The first-order chi connectivity index (χ1) is 10.9. The summed E-state index contributed by atoms with van der Waals surface area (Å²) in [5, 5.41) is 2.89. The van der Waals surface area contributed by atoms with Crippen LogP contribution in [0.1, 0.15) is 32.6 Å². The van der Waals surface area contributed by atoms with Gasteiger partial charge in [0.2, 0.25) is 5.91 Å². The maximum Gasteiger partial charge on any atom is 0.255 e. The molecular weight excluding hydrogens is 308 g/mol. The van der Waals surface area contributed by atoms with Crippen molar-refractivity contribution in [2.24, 2.45) is 0 Å². The highest BCUT2D eigenvalue weighted by molar-refractivity contribution is 7.12. The molecule has 0 saturated heterocycles. The van der Waals surface area contributed by atoms with Gasteiger partial charge in [-0.15, -0.1) is 11.3 Å². The van der Waals surface area contributed by atoms with E-state index < -0.39 is 0 Å². The predicted octanol–water partition coefficient (Wildman–Crippen LogP) is 3.64. The van der Waals surface area contributed by atoms with Crippen LogP contribution in [0.3, 0.4) is 0 Å². The maximum absolute atomic E-state index is 12.4. The lowest BCUT2D eigenvalue weighted by molar-refractivity contribution is -0.116. The number of hydrogen-bond acceptors (Lipinski definition) is 3. The topological polar surface area (TPSA) is 49.4 Å². The van der Waals surface area contributed by atoms with Gasteiger partial charge < -0.3 is 10.2 Å². The third-order valence-electron chi connectivity index (χ3n) is 3.67. The molecule has 0 aliphatic carbocycles. The number of thiophene rings is 1. The van der Waals surface area contributed by atoms with Gasteiger partial charge in [0.25, 0.3) is 5.91 Å². The molecule has 1 aromatic carbocycles. The van der Waals surface area contributed by atoms with E-state index in [1.54, 1.807) is 18.4 Å². The van der Waals surface area contributed by atoms with Gasteiger partial charge in [-0.25, -0.2) is 0 Å². The molecule has 0 radical (unpaired) electrons. The molecule has 2 rings (SSSR count). The first-order valence-electron chi connectivity index (χ1n) is 7.62. The first-order valence-corrected chi connectivity index (χ1v) is 8.44. The molecule has 0 fully saturated rings. The molecule has 23 heavy (non-hydrogen) atoms. The molecule has 0 spiro atoms. The van der Waals surface area contributed by atoms with Crippen molar-refractivity contribution in [1.29, 1.82) is 0 Å². The van der Waals surface area contributed by atoms with Crippen LogP contribution in [0.15, 0.2) is 30.3 Å². The molecule has 2 aromatic rings. The Morgan fingerprint density at radius 3 is 2.52 bits per heavy atom. The summed E-state index contributed by atoms with van der Waals surface area (Å²) in [6, 6.07) is 9.59. The van der Waals surface area contributed by atoms with Crippen molar-refractivity contribution in [2.45, 2.75) is 27.2 Å². The first kappa shape index (κ1) is 17.2. The van der Waals surface area contributed by atoms with Crippen LogP contribution < -0.4 is 5.32 Å². The summed E-state index contributed by atoms with van der Waals surface area (Å²) < 4.78 is 0. The van der Waals surface area contributed by atoms with E-state index >= 15 is 0 Å². The molecule has 0 aliphatic rings. The van der Waals surface area contributed by atoms with Gasteiger partial charge in [0, 0.05) is 22.5 Å². The Morgan fingerprint density at radius 1 is 1.22 bits per heavy atom. The summed E-state index contributed by atoms with van der Waals surface area (Å²) >= 11 is 1.59. The van der Waals surface area contributed by atoms with Crippen LogP contribution in [0, 0.1) is 13.8 Å².